The smallest absolute Gasteiger partial charge is 0.167 e. The molecule has 2 aliphatic heterocycles. The fourth-order valence-corrected chi connectivity index (χ4v) is 3.98. The van der Waals surface area contributed by atoms with Gasteiger partial charge in [0.25, 0.3) is 0 Å². The first kappa shape index (κ1) is 16.3. The van der Waals surface area contributed by atoms with Crippen LogP contribution in [-0.2, 0) is 13.0 Å². The van der Waals surface area contributed by atoms with E-state index in [0.29, 0.717) is 6.54 Å². The van der Waals surface area contributed by atoms with Crippen molar-refractivity contribution in [3.8, 4) is 6.07 Å². The lowest BCUT2D eigenvalue weighted by Crippen LogP contribution is -2.48. The highest BCUT2D eigenvalue weighted by atomic mass is 16.3. The van der Waals surface area contributed by atoms with E-state index in [1.54, 1.807) is 6.33 Å². The Morgan fingerprint density at radius 3 is 2.72 bits per heavy atom. The van der Waals surface area contributed by atoms with Gasteiger partial charge in [-0.2, -0.15) is 5.26 Å². The van der Waals surface area contributed by atoms with Crippen LogP contribution in [0.1, 0.15) is 16.7 Å². The summed E-state index contributed by atoms with van der Waals surface area (Å²) in [7, 11) is 2.09. The van der Waals surface area contributed by atoms with Crippen LogP contribution < -0.4 is 4.90 Å². The summed E-state index contributed by atoms with van der Waals surface area (Å²) in [5.41, 5.74) is 3.90. The molecule has 1 N–H and O–H groups in total. The zero-order valence-corrected chi connectivity index (χ0v) is 14.5. The Morgan fingerprint density at radius 1 is 1.20 bits per heavy atom. The summed E-state index contributed by atoms with van der Waals surface area (Å²) in [6, 6.07) is 2.46. The summed E-state index contributed by atoms with van der Waals surface area (Å²) in [5.74, 6) is 0.925. The van der Waals surface area contributed by atoms with Gasteiger partial charge in [-0.05, 0) is 19.0 Å². The predicted octanol–water partition coefficient (Wildman–Crippen LogP) is -0.297. The number of aromatic nitrogens is 3. The highest BCUT2D eigenvalue weighted by Gasteiger charge is 2.28. The first-order chi connectivity index (χ1) is 12.2. The van der Waals surface area contributed by atoms with Crippen molar-refractivity contribution in [1.29, 1.82) is 5.26 Å². The van der Waals surface area contributed by atoms with E-state index in [2.05, 4.69) is 38.0 Å². The number of hydrogen-bond donors (Lipinski definition) is 1. The van der Waals surface area contributed by atoms with E-state index >= 15 is 0 Å². The molecule has 0 bridgehead atoms. The Hall–Kier alpha value is -2.21. The van der Waals surface area contributed by atoms with Crippen LogP contribution in [-0.4, -0.2) is 82.4 Å². The number of likely N-dealkylation sites (N-methyl/N-ethyl adjacent to an activating group) is 1. The van der Waals surface area contributed by atoms with Gasteiger partial charge in [-0.25, -0.2) is 0 Å². The Labute approximate surface area is 146 Å². The number of nitriles is 1. The molecule has 4 heterocycles. The molecule has 2 aromatic heterocycles. The number of fused-ring (bicyclic) bond motifs is 3. The molecule has 8 heteroatoms. The van der Waals surface area contributed by atoms with Gasteiger partial charge < -0.3 is 14.9 Å². The molecule has 2 aliphatic rings. The highest BCUT2D eigenvalue weighted by molar-refractivity contribution is 5.69. The summed E-state index contributed by atoms with van der Waals surface area (Å²) in [4.78, 5) is 6.77. The normalized spacial score (nSPS) is 19.2. The van der Waals surface area contributed by atoms with E-state index in [4.69, 9.17) is 5.11 Å². The Morgan fingerprint density at radius 2 is 2.00 bits per heavy atom. The van der Waals surface area contributed by atoms with Crippen LogP contribution in [0, 0.1) is 11.3 Å². The molecule has 0 saturated carbocycles. The van der Waals surface area contributed by atoms with E-state index in [9.17, 15) is 5.26 Å². The third-order valence-electron chi connectivity index (χ3n) is 5.31. The summed E-state index contributed by atoms with van der Waals surface area (Å²) in [5, 5.41) is 27.5. The molecule has 132 valence electrons. The molecule has 0 aliphatic carbocycles. The summed E-state index contributed by atoms with van der Waals surface area (Å²) >= 11 is 0. The summed E-state index contributed by atoms with van der Waals surface area (Å²) in [6.45, 7) is 6.08. The SMILES string of the molecule is CN1CCc2c(C#N)c(N3CCN(CCO)CC3)n3cnnc3c2C1. The Bertz CT molecular complexity index is 816. The van der Waals surface area contributed by atoms with Crippen LogP contribution >= 0.6 is 0 Å². The first-order valence-corrected chi connectivity index (χ1v) is 8.77. The molecular formula is C17H23N7O. The molecule has 2 aromatic rings. The molecule has 0 spiro atoms. The molecule has 0 unspecified atom stereocenters. The molecule has 0 radical (unpaired) electrons. The average Bonchev–Trinajstić information content (AvgIpc) is 3.11. The van der Waals surface area contributed by atoms with Gasteiger partial charge in [-0.1, -0.05) is 0 Å². The molecular weight excluding hydrogens is 318 g/mol. The van der Waals surface area contributed by atoms with Crippen molar-refractivity contribution < 1.29 is 5.11 Å². The lowest BCUT2D eigenvalue weighted by atomic mass is 9.96. The van der Waals surface area contributed by atoms with Gasteiger partial charge in [-0.15, -0.1) is 10.2 Å². The number of piperazine rings is 1. The predicted molar refractivity (Wildman–Crippen MR) is 93.5 cm³/mol. The molecule has 0 aromatic carbocycles. The minimum Gasteiger partial charge on any atom is -0.395 e. The Balaban J connectivity index is 1.78. The largest absolute Gasteiger partial charge is 0.395 e. The maximum Gasteiger partial charge on any atom is 0.167 e. The third-order valence-corrected chi connectivity index (χ3v) is 5.31. The van der Waals surface area contributed by atoms with Gasteiger partial charge in [0.15, 0.2) is 5.65 Å². The van der Waals surface area contributed by atoms with Gasteiger partial charge >= 0.3 is 0 Å². The second kappa shape index (κ2) is 6.59. The zero-order valence-electron chi connectivity index (χ0n) is 14.5. The number of aliphatic hydroxyl groups excluding tert-OH is 1. The van der Waals surface area contributed by atoms with E-state index in [1.165, 1.54) is 0 Å². The number of pyridine rings is 1. The quantitative estimate of drug-likeness (QED) is 0.821. The average molecular weight is 341 g/mol. The third kappa shape index (κ3) is 2.74. The van der Waals surface area contributed by atoms with Gasteiger partial charge in [0.1, 0.15) is 18.2 Å². The lowest BCUT2D eigenvalue weighted by molar-refractivity contribution is 0.188. The first-order valence-electron chi connectivity index (χ1n) is 8.77. The number of nitrogens with zero attached hydrogens (tertiary/aromatic N) is 7. The molecule has 8 nitrogen and oxygen atoms in total. The minimum absolute atomic E-state index is 0.186. The van der Waals surface area contributed by atoms with Crippen molar-refractivity contribution in [2.24, 2.45) is 0 Å². The van der Waals surface area contributed by atoms with E-state index in [-0.39, 0.29) is 6.61 Å². The van der Waals surface area contributed by atoms with Crippen LogP contribution in [0.4, 0.5) is 5.82 Å². The van der Waals surface area contributed by atoms with Crippen LogP contribution in [0.15, 0.2) is 6.33 Å². The van der Waals surface area contributed by atoms with E-state index in [0.717, 1.165) is 73.8 Å². The lowest BCUT2D eigenvalue weighted by Gasteiger charge is -2.37. The van der Waals surface area contributed by atoms with Crippen molar-refractivity contribution >= 4 is 11.5 Å². The second-order valence-electron chi connectivity index (χ2n) is 6.83. The fourth-order valence-electron chi connectivity index (χ4n) is 3.98. The van der Waals surface area contributed by atoms with Crippen molar-refractivity contribution in [3.63, 3.8) is 0 Å². The van der Waals surface area contributed by atoms with Gasteiger partial charge in [0.05, 0.1) is 12.2 Å². The van der Waals surface area contributed by atoms with Crippen LogP contribution in [0.2, 0.25) is 0 Å². The maximum absolute atomic E-state index is 9.92. The van der Waals surface area contributed by atoms with Crippen LogP contribution in [0.5, 0.6) is 0 Å². The van der Waals surface area contributed by atoms with Crippen molar-refractivity contribution in [1.82, 2.24) is 24.4 Å². The molecule has 0 atom stereocenters. The van der Waals surface area contributed by atoms with Crippen molar-refractivity contribution in [2.75, 3.05) is 57.8 Å². The summed E-state index contributed by atoms with van der Waals surface area (Å²) < 4.78 is 1.98. The molecule has 1 saturated heterocycles. The minimum atomic E-state index is 0.186. The van der Waals surface area contributed by atoms with Gasteiger partial charge in [0, 0.05) is 51.4 Å². The van der Waals surface area contributed by atoms with Crippen molar-refractivity contribution in [2.45, 2.75) is 13.0 Å². The van der Waals surface area contributed by atoms with Gasteiger partial charge in [0.2, 0.25) is 0 Å². The topological polar surface area (TPSA) is 83.9 Å². The van der Waals surface area contributed by atoms with Crippen LogP contribution in [0.3, 0.4) is 0 Å². The van der Waals surface area contributed by atoms with Crippen molar-refractivity contribution in [3.05, 3.63) is 23.0 Å². The fraction of sp³-hybridized carbons (Fsp3) is 0.588. The molecule has 1 fully saturated rings. The molecule has 25 heavy (non-hydrogen) atoms. The number of β-amino-alcohol motifs (C(OH)–C–C–N with tert-alkyl or cyclic N) is 1. The highest BCUT2D eigenvalue weighted by Crippen LogP contribution is 2.32. The molecule has 4 rings (SSSR count). The van der Waals surface area contributed by atoms with Gasteiger partial charge in [-0.3, -0.25) is 9.30 Å². The number of hydrogen-bond acceptors (Lipinski definition) is 7. The number of rotatable bonds is 3. The maximum atomic E-state index is 9.92. The Kier molecular flexibility index (Phi) is 4.29. The van der Waals surface area contributed by atoms with Crippen LogP contribution in [0.25, 0.3) is 5.65 Å². The zero-order chi connectivity index (χ0) is 17.4. The molecule has 0 amide bonds. The monoisotopic (exact) mass is 341 g/mol. The van der Waals surface area contributed by atoms with E-state index in [1.807, 2.05) is 4.40 Å². The number of anilines is 1. The number of aliphatic hydroxyl groups is 1. The van der Waals surface area contributed by atoms with E-state index < -0.39 is 0 Å². The standard InChI is InChI=1S/C17H23N7O/c1-21-3-2-13-14(10-18)17(23-6-4-22(5-7-23)8-9-25)24-12-19-20-16(24)15(13)11-21/h12,25H,2-9,11H2,1H3. The summed E-state index contributed by atoms with van der Waals surface area (Å²) in [6.07, 6.45) is 2.59. The second-order valence-corrected chi connectivity index (χ2v) is 6.83.